The standard InChI is InChI=1S/C20H39ClO2/c1-2-3-4-5-6-7-8-9-10-11-12-13-14-15-16-17-18-20(22)23-19-21/h2-19H2,1H3. The number of esters is 1. The van der Waals surface area contributed by atoms with Crippen molar-refractivity contribution >= 4 is 17.6 Å². The van der Waals surface area contributed by atoms with Gasteiger partial charge in [0.05, 0.1) is 0 Å². The van der Waals surface area contributed by atoms with E-state index in [4.69, 9.17) is 16.3 Å². The van der Waals surface area contributed by atoms with Crippen molar-refractivity contribution in [1.82, 2.24) is 0 Å². The third kappa shape index (κ3) is 19.7. The fourth-order valence-corrected chi connectivity index (χ4v) is 3.07. The molecule has 0 aromatic carbocycles. The monoisotopic (exact) mass is 346 g/mol. The number of carbonyl (C=O) groups excluding carboxylic acids is 1. The van der Waals surface area contributed by atoms with Crippen LogP contribution in [0.25, 0.3) is 0 Å². The Morgan fingerprint density at radius 3 is 1.35 bits per heavy atom. The van der Waals surface area contributed by atoms with Crippen molar-refractivity contribution in [2.24, 2.45) is 0 Å². The molecule has 0 aliphatic heterocycles. The molecule has 0 saturated carbocycles. The second-order valence-corrected chi connectivity index (χ2v) is 6.90. The van der Waals surface area contributed by atoms with E-state index in [2.05, 4.69) is 6.92 Å². The highest BCUT2D eigenvalue weighted by molar-refractivity contribution is 6.17. The highest BCUT2D eigenvalue weighted by Crippen LogP contribution is 2.14. The number of ether oxygens (including phenoxy) is 1. The highest BCUT2D eigenvalue weighted by Gasteiger charge is 2.01. The van der Waals surface area contributed by atoms with E-state index in [1.54, 1.807) is 0 Å². The molecule has 2 nitrogen and oxygen atoms in total. The Labute approximate surface area is 149 Å². The molecule has 0 rings (SSSR count). The molecule has 0 saturated heterocycles. The number of hydrogen-bond donors (Lipinski definition) is 0. The summed E-state index contributed by atoms with van der Waals surface area (Å²) in [5, 5.41) is 0. The molecule has 138 valence electrons. The van der Waals surface area contributed by atoms with Crippen LogP contribution in [0.3, 0.4) is 0 Å². The van der Waals surface area contributed by atoms with Crippen molar-refractivity contribution in [2.45, 2.75) is 116 Å². The normalized spacial score (nSPS) is 10.9. The maximum Gasteiger partial charge on any atom is 0.306 e. The topological polar surface area (TPSA) is 26.3 Å². The molecule has 0 atom stereocenters. The zero-order valence-corrected chi connectivity index (χ0v) is 16.2. The molecule has 0 radical (unpaired) electrons. The second kappa shape index (κ2) is 19.8. The molecule has 0 aromatic rings. The number of unbranched alkanes of at least 4 members (excludes halogenated alkanes) is 15. The lowest BCUT2D eigenvalue weighted by atomic mass is 10.0. The number of hydrogen-bond acceptors (Lipinski definition) is 2. The fraction of sp³-hybridized carbons (Fsp3) is 0.950. The molecule has 0 aliphatic carbocycles. The van der Waals surface area contributed by atoms with Gasteiger partial charge in [0.1, 0.15) is 0 Å². The van der Waals surface area contributed by atoms with E-state index in [1.165, 1.54) is 89.9 Å². The van der Waals surface area contributed by atoms with E-state index in [9.17, 15) is 4.79 Å². The van der Waals surface area contributed by atoms with Gasteiger partial charge in [-0.05, 0) is 6.42 Å². The molecule has 0 spiro atoms. The van der Waals surface area contributed by atoms with E-state index in [1.807, 2.05) is 0 Å². The Kier molecular flexibility index (Phi) is 19.6. The third-order valence-corrected chi connectivity index (χ3v) is 4.56. The van der Waals surface area contributed by atoms with Gasteiger partial charge in [-0.3, -0.25) is 4.79 Å². The number of rotatable bonds is 18. The summed E-state index contributed by atoms with van der Waals surface area (Å²) < 4.78 is 4.69. The fourth-order valence-electron chi connectivity index (χ4n) is 2.95. The lowest BCUT2D eigenvalue weighted by molar-refractivity contribution is -0.141. The molecule has 0 amide bonds. The first kappa shape index (κ1) is 22.8. The molecule has 0 fully saturated rings. The van der Waals surface area contributed by atoms with Crippen LogP contribution in [0.1, 0.15) is 116 Å². The first-order valence-electron chi connectivity index (χ1n) is 10.0. The van der Waals surface area contributed by atoms with Crippen LogP contribution in [0.4, 0.5) is 0 Å². The van der Waals surface area contributed by atoms with Gasteiger partial charge in [0.15, 0.2) is 6.07 Å². The number of alkyl halides is 1. The van der Waals surface area contributed by atoms with Crippen LogP contribution >= 0.6 is 11.6 Å². The molecule has 23 heavy (non-hydrogen) atoms. The predicted molar refractivity (Wildman–Crippen MR) is 101 cm³/mol. The highest BCUT2D eigenvalue weighted by atomic mass is 35.5. The summed E-state index contributed by atoms with van der Waals surface area (Å²) in [4.78, 5) is 11.1. The zero-order valence-electron chi connectivity index (χ0n) is 15.4. The minimum atomic E-state index is -0.162. The summed E-state index contributed by atoms with van der Waals surface area (Å²) in [6, 6.07) is -0.0162. The molecule has 0 N–H and O–H groups in total. The van der Waals surface area contributed by atoms with Crippen molar-refractivity contribution in [1.29, 1.82) is 0 Å². The summed E-state index contributed by atoms with van der Waals surface area (Å²) in [7, 11) is 0. The van der Waals surface area contributed by atoms with Gasteiger partial charge >= 0.3 is 5.97 Å². The predicted octanol–water partition coefficient (Wildman–Crippen LogP) is 7.38. The molecule has 0 unspecified atom stereocenters. The smallest absolute Gasteiger partial charge is 0.306 e. The Morgan fingerprint density at radius 1 is 0.652 bits per heavy atom. The van der Waals surface area contributed by atoms with Crippen LogP contribution in [-0.2, 0) is 9.53 Å². The molecule has 0 aliphatic rings. The lowest BCUT2D eigenvalue weighted by Gasteiger charge is -2.03. The maximum atomic E-state index is 11.1. The molecule has 0 aromatic heterocycles. The van der Waals surface area contributed by atoms with Crippen LogP contribution in [0, 0.1) is 0 Å². The third-order valence-electron chi connectivity index (χ3n) is 4.45. The van der Waals surface area contributed by atoms with Crippen LogP contribution in [0.2, 0.25) is 0 Å². The summed E-state index contributed by atoms with van der Waals surface area (Å²) in [6.45, 7) is 2.28. The Balaban J connectivity index is 3.01. The summed E-state index contributed by atoms with van der Waals surface area (Å²) >= 11 is 5.33. The van der Waals surface area contributed by atoms with Gasteiger partial charge in [0.25, 0.3) is 0 Å². The zero-order chi connectivity index (χ0) is 17.0. The van der Waals surface area contributed by atoms with Crippen molar-refractivity contribution in [2.75, 3.05) is 6.07 Å². The van der Waals surface area contributed by atoms with Gasteiger partial charge in [-0.15, -0.1) is 0 Å². The number of carbonyl (C=O) groups is 1. The quantitative estimate of drug-likeness (QED) is 0.147. The lowest BCUT2D eigenvalue weighted by Crippen LogP contribution is -2.01. The van der Waals surface area contributed by atoms with E-state index in [0.717, 1.165) is 12.8 Å². The van der Waals surface area contributed by atoms with Crippen molar-refractivity contribution in [3.05, 3.63) is 0 Å². The Morgan fingerprint density at radius 2 is 1.00 bits per heavy atom. The molecule has 0 bridgehead atoms. The largest absolute Gasteiger partial charge is 0.449 e. The summed E-state index contributed by atoms with van der Waals surface area (Å²) in [5.74, 6) is -0.162. The number of halogens is 1. The minimum absolute atomic E-state index is 0.0162. The second-order valence-electron chi connectivity index (χ2n) is 6.68. The van der Waals surface area contributed by atoms with Gasteiger partial charge in [-0.2, -0.15) is 0 Å². The average molecular weight is 347 g/mol. The summed E-state index contributed by atoms with van der Waals surface area (Å²) in [6.07, 6.45) is 22.1. The van der Waals surface area contributed by atoms with E-state index >= 15 is 0 Å². The molecule has 0 heterocycles. The molecule has 3 heteroatoms. The van der Waals surface area contributed by atoms with Gasteiger partial charge in [-0.25, -0.2) is 0 Å². The van der Waals surface area contributed by atoms with Crippen LogP contribution in [0.15, 0.2) is 0 Å². The van der Waals surface area contributed by atoms with Crippen LogP contribution in [-0.4, -0.2) is 12.0 Å². The van der Waals surface area contributed by atoms with E-state index < -0.39 is 0 Å². The van der Waals surface area contributed by atoms with Crippen molar-refractivity contribution < 1.29 is 9.53 Å². The molecular formula is C20H39ClO2. The van der Waals surface area contributed by atoms with Crippen LogP contribution in [0.5, 0.6) is 0 Å². The van der Waals surface area contributed by atoms with E-state index in [-0.39, 0.29) is 12.0 Å². The van der Waals surface area contributed by atoms with E-state index in [0.29, 0.717) is 6.42 Å². The van der Waals surface area contributed by atoms with Gasteiger partial charge in [0, 0.05) is 6.42 Å². The molecular weight excluding hydrogens is 308 g/mol. The minimum Gasteiger partial charge on any atom is -0.449 e. The Hall–Kier alpha value is -0.240. The van der Waals surface area contributed by atoms with Gasteiger partial charge in [-0.1, -0.05) is 115 Å². The first-order chi connectivity index (χ1) is 11.3. The maximum absolute atomic E-state index is 11.1. The SMILES string of the molecule is CCCCCCCCCCCCCCCCCCC(=O)OCCl. The average Bonchev–Trinajstić information content (AvgIpc) is 2.54. The first-order valence-corrected chi connectivity index (χ1v) is 10.6. The van der Waals surface area contributed by atoms with Gasteiger partial charge < -0.3 is 4.74 Å². The Bertz CT molecular complexity index is 244. The van der Waals surface area contributed by atoms with Crippen molar-refractivity contribution in [3.8, 4) is 0 Å². The summed E-state index contributed by atoms with van der Waals surface area (Å²) in [5.41, 5.74) is 0. The van der Waals surface area contributed by atoms with Crippen LogP contribution < -0.4 is 0 Å². The van der Waals surface area contributed by atoms with Gasteiger partial charge in [0.2, 0.25) is 0 Å². The van der Waals surface area contributed by atoms with Crippen molar-refractivity contribution in [3.63, 3.8) is 0 Å².